The van der Waals surface area contributed by atoms with Crippen LogP contribution >= 0.6 is 11.3 Å². The van der Waals surface area contributed by atoms with Gasteiger partial charge >= 0.3 is 7.12 Å². The third-order valence-electron chi connectivity index (χ3n) is 4.02. The molecule has 2 N–H and O–H groups in total. The summed E-state index contributed by atoms with van der Waals surface area (Å²) < 4.78 is 12.1. The largest absolute Gasteiger partial charge is 0.498 e. The standard InChI is InChI=1S/C13H17BN4O2S/c1-12(2)13(3,4)20-14(19-12)8-5-16-11(15)18-10(8)9-6-21-7-17-9/h5-7H,1-4H3,(H2,15,16,18). The maximum atomic E-state index is 6.06. The Bertz CT molecular complexity index is 644. The van der Waals surface area contributed by atoms with Crippen LogP contribution in [0.25, 0.3) is 11.4 Å². The molecule has 1 aliphatic rings. The van der Waals surface area contributed by atoms with E-state index in [4.69, 9.17) is 15.0 Å². The van der Waals surface area contributed by atoms with Gasteiger partial charge in [0.25, 0.3) is 0 Å². The van der Waals surface area contributed by atoms with Gasteiger partial charge in [0.05, 0.1) is 28.1 Å². The second kappa shape index (κ2) is 4.76. The van der Waals surface area contributed by atoms with E-state index >= 15 is 0 Å². The van der Waals surface area contributed by atoms with Crippen LogP contribution in [0.1, 0.15) is 27.7 Å². The van der Waals surface area contributed by atoms with Crippen molar-refractivity contribution in [2.24, 2.45) is 0 Å². The molecule has 1 fully saturated rings. The third kappa shape index (κ3) is 2.43. The van der Waals surface area contributed by atoms with Gasteiger partial charge in [0.2, 0.25) is 5.95 Å². The normalized spacial score (nSPS) is 19.9. The van der Waals surface area contributed by atoms with E-state index in [1.54, 1.807) is 11.7 Å². The number of nitrogens with two attached hydrogens (primary N) is 1. The Hall–Kier alpha value is -1.51. The predicted octanol–water partition coefficient (Wildman–Crippen LogP) is 1.48. The van der Waals surface area contributed by atoms with Crippen LogP contribution in [0.5, 0.6) is 0 Å². The second-order valence-corrected chi connectivity index (χ2v) is 6.71. The lowest BCUT2D eigenvalue weighted by molar-refractivity contribution is 0.00578. The summed E-state index contributed by atoms with van der Waals surface area (Å²) >= 11 is 1.50. The first-order chi connectivity index (χ1) is 9.80. The molecule has 2 aromatic heterocycles. The highest BCUT2D eigenvalue weighted by molar-refractivity contribution is 7.07. The number of nitrogen functional groups attached to an aromatic ring is 1. The molecule has 1 saturated heterocycles. The van der Waals surface area contributed by atoms with Crippen molar-refractivity contribution in [1.82, 2.24) is 15.0 Å². The molecule has 0 bridgehead atoms. The number of nitrogens with zero attached hydrogens (tertiary/aromatic N) is 3. The Morgan fingerprint density at radius 2 is 1.81 bits per heavy atom. The molecular weight excluding hydrogens is 287 g/mol. The molecule has 0 saturated carbocycles. The molecule has 8 heteroatoms. The summed E-state index contributed by atoms with van der Waals surface area (Å²) in [4.78, 5) is 12.7. The summed E-state index contributed by atoms with van der Waals surface area (Å²) in [6.45, 7) is 8.03. The Morgan fingerprint density at radius 3 is 2.38 bits per heavy atom. The van der Waals surface area contributed by atoms with E-state index in [9.17, 15) is 0 Å². The van der Waals surface area contributed by atoms with Crippen molar-refractivity contribution in [2.75, 3.05) is 5.73 Å². The first-order valence-corrected chi connectivity index (χ1v) is 7.61. The molecule has 0 radical (unpaired) electrons. The number of hydrogen-bond donors (Lipinski definition) is 1. The van der Waals surface area contributed by atoms with Crippen LogP contribution in [0.4, 0.5) is 5.95 Å². The molecule has 0 aliphatic carbocycles. The number of aromatic nitrogens is 3. The van der Waals surface area contributed by atoms with Crippen LogP contribution in [0.15, 0.2) is 17.1 Å². The molecule has 0 atom stereocenters. The molecule has 21 heavy (non-hydrogen) atoms. The van der Waals surface area contributed by atoms with E-state index in [1.165, 1.54) is 11.3 Å². The third-order valence-corrected chi connectivity index (χ3v) is 4.60. The molecule has 6 nitrogen and oxygen atoms in total. The minimum Gasteiger partial charge on any atom is -0.399 e. The van der Waals surface area contributed by atoms with Gasteiger partial charge in [-0.1, -0.05) is 0 Å². The van der Waals surface area contributed by atoms with Gasteiger partial charge in [-0.15, -0.1) is 11.3 Å². The summed E-state index contributed by atoms with van der Waals surface area (Å²) in [6.07, 6.45) is 1.65. The first kappa shape index (κ1) is 14.4. The minimum absolute atomic E-state index is 0.207. The molecule has 0 amide bonds. The van der Waals surface area contributed by atoms with E-state index in [1.807, 2.05) is 33.1 Å². The molecule has 1 aliphatic heterocycles. The molecule has 0 spiro atoms. The average molecular weight is 304 g/mol. The summed E-state index contributed by atoms with van der Waals surface area (Å²) in [5.41, 5.74) is 8.77. The quantitative estimate of drug-likeness (QED) is 0.846. The summed E-state index contributed by atoms with van der Waals surface area (Å²) in [5.74, 6) is 0.207. The van der Waals surface area contributed by atoms with Crippen molar-refractivity contribution < 1.29 is 9.31 Å². The van der Waals surface area contributed by atoms with Crippen LogP contribution in [0.3, 0.4) is 0 Å². The molecule has 3 heterocycles. The van der Waals surface area contributed by atoms with E-state index in [2.05, 4.69) is 15.0 Å². The topological polar surface area (TPSA) is 83.2 Å². The summed E-state index contributed by atoms with van der Waals surface area (Å²) in [5, 5.41) is 1.91. The second-order valence-electron chi connectivity index (χ2n) is 5.99. The van der Waals surface area contributed by atoms with Crippen molar-refractivity contribution in [1.29, 1.82) is 0 Å². The van der Waals surface area contributed by atoms with Gasteiger partial charge in [0, 0.05) is 17.0 Å². The monoisotopic (exact) mass is 304 g/mol. The van der Waals surface area contributed by atoms with Crippen molar-refractivity contribution >= 4 is 29.9 Å². The van der Waals surface area contributed by atoms with Gasteiger partial charge in [-0.2, -0.15) is 0 Å². The minimum atomic E-state index is -0.535. The highest BCUT2D eigenvalue weighted by atomic mass is 32.1. The molecule has 2 aromatic rings. The number of anilines is 1. The molecule has 110 valence electrons. The molecule has 0 aromatic carbocycles. The van der Waals surface area contributed by atoms with E-state index < -0.39 is 18.3 Å². The van der Waals surface area contributed by atoms with Gasteiger partial charge in [0.15, 0.2) is 0 Å². The zero-order valence-electron chi connectivity index (χ0n) is 12.5. The maximum Gasteiger partial charge on any atom is 0.498 e. The highest BCUT2D eigenvalue weighted by Crippen LogP contribution is 2.37. The van der Waals surface area contributed by atoms with Crippen LogP contribution in [0.2, 0.25) is 0 Å². The summed E-state index contributed by atoms with van der Waals surface area (Å²) in [7, 11) is -0.535. The van der Waals surface area contributed by atoms with E-state index in [0.29, 0.717) is 5.69 Å². The van der Waals surface area contributed by atoms with Crippen LogP contribution < -0.4 is 11.2 Å². The number of hydrogen-bond acceptors (Lipinski definition) is 7. The van der Waals surface area contributed by atoms with Gasteiger partial charge in [-0.05, 0) is 27.7 Å². The predicted molar refractivity (Wildman–Crippen MR) is 83.3 cm³/mol. The Labute approximate surface area is 127 Å². The molecule has 0 unspecified atom stereocenters. The number of thiazole rings is 1. The smallest absolute Gasteiger partial charge is 0.399 e. The highest BCUT2D eigenvalue weighted by Gasteiger charge is 2.52. The Morgan fingerprint density at radius 1 is 1.14 bits per heavy atom. The summed E-state index contributed by atoms with van der Waals surface area (Å²) in [6, 6.07) is 0. The lowest BCUT2D eigenvalue weighted by atomic mass is 9.78. The first-order valence-electron chi connectivity index (χ1n) is 6.67. The van der Waals surface area contributed by atoms with E-state index in [0.717, 1.165) is 11.2 Å². The lowest BCUT2D eigenvalue weighted by Gasteiger charge is -2.32. The zero-order chi connectivity index (χ0) is 15.3. The average Bonchev–Trinajstić information content (AvgIpc) is 2.96. The Kier molecular flexibility index (Phi) is 3.27. The SMILES string of the molecule is CC1(C)OB(c2cnc(N)nc2-c2cscn2)OC1(C)C. The van der Waals surface area contributed by atoms with Crippen molar-refractivity contribution in [3.05, 3.63) is 17.1 Å². The van der Waals surface area contributed by atoms with Gasteiger partial charge in [-0.25, -0.2) is 15.0 Å². The molecule has 3 rings (SSSR count). The lowest BCUT2D eigenvalue weighted by Crippen LogP contribution is -2.41. The van der Waals surface area contributed by atoms with Crippen LogP contribution in [-0.4, -0.2) is 33.3 Å². The van der Waals surface area contributed by atoms with Gasteiger partial charge in [0.1, 0.15) is 0 Å². The number of rotatable bonds is 2. The fourth-order valence-corrected chi connectivity index (χ4v) is 2.62. The fraction of sp³-hybridized carbons (Fsp3) is 0.462. The van der Waals surface area contributed by atoms with Gasteiger partial charge in [-0.3, -0.25) is 0 Å². The van der Waals surface area contributed by atoms with Crippen LogP contribution in [0, 0.1) is 0 Å². The van der Waals surface area contributed by atoms with Gasteiger partial charge < -0.3 is 15.0 Å². The fourth-order valence-electron chi connectivity index (χ4n) is 2.08. The van der Waals surface area contributed by atoms with E-state index in [-0.39, 0.29) is 5.95 Å². The van der Waals surface area contributed by atoms with Crippen LogP contribution in [-0.2, 0) is 9.31 Å². The van der Waals surface area contributed by atoms with Crippen molar-refractivity contribution in [3.8, 4) is 11.4 Å². The maximum absolute atomic E-state index is 6.06. The Balaban J connectivity index is 2.05. The molecular formula is C13H17BN4O2S. The zero-order valence-corrected chi connectivity index (χ0v) is 13.3. The van der Waals surface area contributed by atoms with Crippen molar-refractivity contribution in [3.63, 3.8) is 0 Å². The van der Waals surface area contributed by atoms with Crippen molar-refractivity contribution in [2.45, 2.75) is 38.9 Å².